The van der Waals surface area contributed by atoms with Gasteiger partial charge in [0.15, 0.2) is 6.10 Å². The number of aromatic nitrogens is 3. The van der Waals surface area contributed by atoms with Gasteiger partial charge in [-0.3, -0.25) is 4.79 Å². The highest BCUT2D eigenvalue weighted by molar-refractivity contribution is 6.33. The van der Waals surface area contributed by atoms with E-state index in [-0.39, 0.29) is 23.0 Å². The van der Waals surface area contributed by atoms with Gasteiger partial charge >= 0.3 is 5.97 Å². The van der Waals surface area contributed by atoms with Crippen LogP contribution in [0.2, 0.25) is 10.2 Å². The summed E-state index contributed by atoms with van der Waals surface area (Å²) in [6.45, 7) is 1.95. The lowest BCUT2D eigenvalue weighted by atomic mass is 9.99. The highest BCUT2D eigenvalue weighted by Crippen LogP contribution is 2.30. The lowest BCUT2D eigenvalue weighted by Gasteiger charge is -2.17. The number of benzene rings is 3. The summed E-state index contributed by atoms with van der Waals surface area (Å²) in [7, 11) is 0. The summed E-state index contributed by atoms with van der Waals surface area (Å²) in [4.78, 5) is 30.2. The largest absolute Gasteiger partial charge is 0.445 e. The lowest BCUT2D eigenvalue weighted by Crippen LogP contribution is -2.20. The van der Waals surface area contributed by atoms with Crippen molar-refractivity contribution < 1.29 is 14.3 Å². The van der Waals surface area contributed by atoms with Gasteiger partial charge in [-0.25, -0.2) is 9.48 Å². The van der Waals surface area contributed by atoms with Gasteiger partial charge in [0.2, 0.25) is 5.78 Å². The number of carbonyl (C=O) groups excluding carboxylic acids is 2. The van der Waals surface area contributed by atoms with Crippen molar-refractivity contribution in [1.82, 2.24) is 14.8 Å². The summed E-state index contributed by atoms with van der Waals surface area (Å²) in [6.07, 6.45) is 0.469. The highest BCUT2D eigenvalue weighted by Gasteiger charge is 2.31. The summed E-state index contributed by atoms with van der Waals surface area (Å²) < 4.78 is 7.33. The van der Waals surface area contributed by atoms with E-state index in [2.05, 4.69) is 10.1 Å². The van der Waals surface area contributed by atoms with Crippen molar-refractivity contribution in [3.05, 3.63) is 123 Å². The van der Waals surface area contributed by atoms with Crippen LogP contribution >= 0.6 is 23.2 Å². The minimum atomic E-state index is -1.17. The predicted octanol–water partition coefficient (Wildman–Crippen LogP) is 6.81. The summed E-state index contributed by atoms with van der Waals surface area (Å²) in [5.41, 5.74) is 3.11. The first-order valence-electron chi connectivity index (χ1n) is 11.3. The van der Waals surface area contributed by atoms with Gasteiger partial charge in [0, 0.05) is 33.2 Å². The molecule has 0 saturated carbocycles. The molecule has 0 saturated heterocycles. The molecule has 0 amide bonds. The van der Waals surface area contributed by atoms with Crippen LogP contribution in [-0.4, -0.2) is 26.5 Å². The van der Waals surface area contributed by atoms with E-state index < -0.39 is 12.1 Å². The van der Waals surface area contributed by atoms with E-state index in [1.54, 1.807) is 43.5 Å². The van der Waals surface area contributed by atoms with Crippen LogP contribution in [0.25, 0.3) is 10.9 Å². The Balaban J connectivity index is 1.48. The second-order valence-corrected chi connectivity index (χ2v) is 9.07. The molecular weight excluding hydrogens is 497 g/mol. The van der Waals surface area contributed by atoms with Crippen LogP contribution in [0.3, 0.4) is 0 Å². The van der Waals surface area contributed by atoms with Gasteiger partial charge in [0.25, 0.3) is 0 Å². The molecule has 36 heavy (non-hydrogen) atoms. The SMILES string of the molecule is Cc1nn(Cc2ccccc2Cl)c(Cl)c1C(=O)O[C@@H](C(=O)c1c[nH]c2ccccc12)c1ccccc1. The second-order valence-electron chi connectivity index (χ2n) is 8.31. The summed E-state index contributed by atoms with van der Waals surface area (Å²) in [6, 6.07) is 23.7. The first kappa shape index (κ1) is 23.9. The minimum absolute atomic E-state index is 0.108. The van der Waals surface area contributed by atoms with Gasteiger partial charge in [0.05, 0.1) is 12.2 Å². The number of Topliss-reactive ketones (excluding diaryl/α,β-unsaturated/α-hetero) is 1. The van der Waals surface area contributed by atoms with Crippen LogP contribution < -0.4 is 0 Å². The summed E-state index contributed by atoms with van der Waals surface area (Å²) in [5, 5.41) is 5.85. The number of carbonyl (C=O) groups is 2. The molecular formula is C28H21Cl2N3O3. The van der Waals surface area contributed by atoms with E-state index in [1.807, 2.05) is 48.5 Å². The Bertz CT molecular complexity index is 1570. The van der Waals surface area contributed by atoms with Crippen molar-refractivity contribution in [2.45, 2.75) is 19.6 Å². The maximum absolute atomic E-state index is 13.7. The van der Waals surface area contributed by atoms with E-state index in [0.29, 0.717) is 21.8 Å². The Kier molecular flexibility index (Phi) is 6.63. The number of halogens is 2. The Morgan fingerprint density at radius 2 is 1.67 bits per heavy atom. The quantitative estimate of drug-likeness (QED) is 0.190. The van der Waals surface area contributed by atoms with Gasteiger partial charge in [-0.2, -0.15) is 5.10 Å². The van der Waals surface area contributed by atoms with Gasteiger partial charge in [-0.15, -0.1) is 0 Å². The van der Waals surface area contributed by atoms with Crippen LogP contribution in [0.1, 0.15) is 43.6 Å². The van der Waals surface area contributed by atoms with E-state index >= 15 is 0 Å². The van der Waals surface area contributed by atoms with Gasteiger partial charge in [-0.1, -0.05) is 89.9 Å². The molecule has 5 aromatic rings. The number of nitrogens with zero attached hydrogens (tertiary/aromatic N) is 2. The number of ketones is 1. The lowest BCUT2D eigenvalue weighted by molar-refractivity contribution is 0.0280. The molecule has 3 aromatic carbocycles. The second kappa shape index (κ2) is 10.0. The first-order chi connectivity index (χ1) is 17.4. The third kappa shape index (κ3) is 4.53. The zero-order valence-electron chi connectivity index (χ0n) is 19.2. The highest BCUT2D eigenvalue weighted by atomic mass is 35.5. The molecule has 1 N–H and O–H groups in total. The molecule has 1 atom stereocenters. The topological polar surface area (TPSA) is 77.0 Å². The van der Waals surface area contributed by atoms with Crippen LogP contribution in [0, 0.1) is 6.92 Å². The van der Waals surface area contributed by atoms with Gasteiger partial charge in [-0.05, 0) is 24.6 Å². The number of hydrogen-bond acceptors (Lipinski definition) is 4. The van der Waals surface area contributed by atoms with Crippen LogP contribution in [0.4, 0.5) is 0 Å². The number of H-pyrrole nitrogens is 1. The number of ether oxygens (including phenoxy) is 1. The monoisotopic (exact) mass is 517 g/mol. The molecule has 180 valence electrons. The van der Waals surface area contributed by atoms with Crippen molar-refractivity contribution in [1.29, 1.82) is 0 Å². The van der Waals surface area contributed by atoms with E-state index in [1.165, 1.54) is 4.68 Å². The van der Waals surface area contributed by atoms with Crippen LogP contribution in [0.5, 0.6) is 0 Å². The number of aryl methyl sites for hydroxylation is 1. The zero-order valence-corrected chi connectivity index (χ0v) is 20.8. The zero-order chi connectivity index (χ0) is 25.2. The average molecular weight is 518 g/mol. The normalized spacial score (nSPS) is 12.0. The summed E-state index contributed by atoms with van der Waals surface area (Å²) in [5.74, 6) is -1.07. The maximum atomic E-state index is 13.7. The third-order valence-electron chi connectivity index (χ3n) is 5.97. The van der Waals surface area contributed by atoms with E-state index in [0.717, 1.165) is 16.5 Å². The van der Waals surface area contributed by atoms with Crippen molar-refractivity contribution in [3.8, 4) is 0 Å². The number of esters is 1. The number of nitrogens with one attached hydrogen (secondary N) is 1. The average Bonchev–Trinajstić information content (AvgIpc) is 3.44. The van der Waals surface area contributed by atoms with Gasteiger partial charge < -0.3 is 9.72 Å². The number of rotatable bonds is 7. The smallest absolute Gasteiger partial charge is 0.344 e. The molecule has 8 heteroatoms. The van der Waals surface area contributed by atoms with Crippen molar-refractivity contribution in [3.63, 3.8) is 0 Å². The molecule has 2 aromatic heterocycles. The number of fused-ring (bicyclic) bond motifs is 1. The molecule has 5 rings (SSSR count). The number of hydrogen-bond donors (Lipinski definition) is 1. The molecule has 0 spiro atoms. The Morgan fingerprint density at radius 1 is 0.972 bits per heavy atom. The van der Waals surface area contributed by atoms with Crippen LogP contribution in [0.15, 0.2) is 85.1 Å². The Morgan fingerprint density at radius 3 is 2.44 bits per heavy atom. The predicted molar refractivity (Wildman–Crippen MR) is 140 cm³/mol. The molecule has 2 heterocycles. The third-order valence-corrected chi connectivity index (χ3v) is 6.72. The fourth-order valence-electron chi connectivity index (χ4n) is 4.16. The molecule has 0 bridgehead atoms. The van der Waals surface area contributed by atoms with E-state index in [9.17, 15) is 9.59 Å². The molecule has 0 aliphatic rings. The molecule has 6 nitrogen and oxygen atoms in total. The molecule has 0 aliphatic heterocycles. The first-order valence-corrected chi connectivity index (χ1v) is 12.0. The molecule has 0 fully saturated rings. The van der Waals surface area contributed by atoms with Crippen LogP contribution in [-0.2, 0) is 11.3 Å². The fourth-order valence-corrected chi connectivity index (χ4v) is 4.67. The standard InChI is InChI=1S/C28H21Cl2N3O3/c1-17-24(27(30)33(32-17)16-19-11-5-7-13-22(19)29)28(35)36-26(18-9-3-2-4-10-18)25(34)21-15-31-23-14-8-6-12-20(21)23/h2-15,26,31H,16H2,1H3/t26-/m1/s1. The van der Waals surface area contributed by atoms with Crippen molar-refractivity contribution in [2.24, 2.45) is 0 Å². The summed E-state index contributed by atoms with van der Waals surface area (Å²) >= 11 is 12.9. The minimum Gasteiger partial charge on any atom is -0.445 e. The Labute approximate surface area is 217 Å². The van der Waals surface area contributed by atoms with Gasteiger partial charge in [0.1, 0.15) is 10.7 Å². The Hall–Kier alpha value is -3.87. The maximum Gasteiger partial charge on any atom is 0.344 e. The fraction of sp³-hybridized carbons (Fsp3) is 0.107. The van der Waals surface area contributed by atoms with Crippen molar-refractivity contribution >= 4 is 45.9 Å². The number of aromatic amines is 1. The van der Waals surface area contributed by atoms with Crippen molar-refractivity contribution in [2.75, 3.05) is 0 Å². The van der Waals surface area contributed by atoms with E-state index in [4.69, 9.17) is 27.9 Å². The molecule has 0 unspecified atom stereocenters. The molecule has 0 radical (unpaired) electrons. The number of para-hydroxylation sites is 1. The molecule has 0 aliphatic carbocycles.